The number of fused-ring (bicyclic) bond motifs is 1. The number of imide groups is 1. The molecule has 1 aromatic heterocycles. The normalized spacial score (nSPS) is 17.4. The number of rotatable bonds is 1. The molecule has 0 spiro atoms. The van der Waals surface area contributed by atoms with E-state index >= 15 is 0 Å². The second-order valence-corrected chi connectivity index (χ2v) is 4.64. The summed E-state index contributed by atoms with van der Waals surface area (Å²) in [7, 11) is 0. The number of nitrogens with one attached hydrogen (secondary N) is 1. The van der Waals surface area contributed by atoms with Gasteiger partial charge in [0.05, 0.1) is 15.9 Å². The van der Waals surface area contributed by atoms with Crippen molar-refractivity contribution < 1.29 is 9.59 Å². The molecule has 18 heavy (non-hydrogen) atoms. The van der Waals surface area contributed by atoms with Crippen molar-refractivity contribution in [2.24, 2.45) is 0 Å². The summed E-state index contributed by atoms with van der Waals surface area (Å²) in [6.45, 7) is 0. The third-order valence-corrected chi connectivity index (χ3v) is 3.27. The summed E-state index contributed by atoms with van der Waals surface area (Å²) in [4.78, 5) is 31.3. The van der Waals surface area contributed by atoms with Crippen molar-refractivity contribution in [1.82, 2.24) is 15.3 Å². The van der Waals surface area contributed by atoms with Gasteiger partial charge >= 0.3 is 0 Å². The Balaban J connectivity index is 2.13. The molecule has 2 aromatic rings. The van der Waals surface area contributed by atoms with E-state index in [0.717, 1.165) is 22.8 Å². The van der Waals surface area contributed by atoms with Gasteiger partial charge in [-0.05, 0) is 23.9 Å². The maximum atomic E-state index is 11.5. The zero-order valence-corrected chi connectivity index (χ0v) is 9.90. The number of carbonyl (C=O) groups is 2. The van der Waals surface area contributed by atoms with Gasteiger partial charge in [-0.1, -0.05) is 12.1 Å². The topological polar surface area (TPSA) is 72.0 Å². The van der Waals surface area contributed by atoms with Gasteiger partial charge in [0.2, 0.25) is 0 Å². The first-order chi connectivity index (χ1) is 8.74. The molecule has 1 N–H and O–H groups in total. The Morgan fingerprint density at radius 2 is 2.00 bits per heavy atom. The lowest BCUT2D eigenvalue weighted by atomic mass is 10.1. The monoisotopic (exact) mass is 257 g/mol. The fraction of sp³-hybridized carbons (Fsp3) is 0. The smallest absolute Gasteiger partial charge is 0.282 e. The molecular formula is C12H7N3O2S. The van der Waals surface area contributed by atoms with Gasteiger partial charge in [0.15, 0.2) is 0 Å². The van der Waals surface area contributed by atoms with Crippen LogP contribution in [0.2, 0.25) is 0 Å². The first-order valence-corrected chi connectivity index (χ1v) is 6.00. The van der Waals surface area contributed by atoms with Crippen molar-refractivity contribution in [2.45, 2.75) is 0 Å². The molecule has 0 bridgehead atoms. The van der Waals surface area contributed by atoms with Gasteiger partial charge in [0.1, 0.15) is 0 Å². The third kappa shape index (κ3) is 1.86. The molecule has 88 valence electrons. The van der Waals surface area contributed by atoms with E-state index in [-0.39, 0.29) is 11.1 Å². The minimum atomic E-state index is -0.370. The van der Waals surface area contributed by atoms with E-state index in [2.05, 4.69) is 15.3 Å². The maximum Gasteiger partial charge on any atom is 0.290 e. The first kappa shape index (κ1) is 10.9. The molecule has 0 aliphatic carbocycles. The molecule has 2 heterocycles. The molecule has 6 heteroatoms. The van der Waals surface area contributed by atoms with E-state index in [1.165, 1.54) is 0 Å². The highest BCUT2D eigenvalue weighted by molar-refractivity contribution is 8.18. The van der Waals surface area contributed by atoms with Crippen LogP contribution in [0.5, 0.6) is 0 Å². The number of carbonyl (C=O) groups excluding carboxylic acids is 2. The molecule has 0 unspecified atom stereocenters. The van der Waals surface area contributed by atoms with Crippen molar-refractivity contribution in [3.63, 3.8) is 0 Å². The molecule has 1 aromatic carbocycles. The van der Waals surface area contributed by atoms with Crippen molar-refractivity contribution in [3.8, 4) is 0 Å². The van der Waals surface area contributed by atoms with Crippen molar-refractivity contribution in [2.75, 3.05) is 0 Å². The number of amides is 2. The van der Waals surface area contributed by atoms with E-state index in [0.29, 0.717) is 10.4 Å². The van der Waals surface area contributed by atoms with Crippen LogP contribution in [-0.4, -0.2) is 21.1 Å². The number of thioether (sulfide) groups is 1. The number of nitrogens with zero attached hydrogens (tertiary/aromatic N) is 2. The summed E-state index contributed by atoms with van der Waals surface area (Å²) in [6, 6.07) is 5.51. The van der Waals surface area contributed by atoms with E-state index in [4.69, 9.17) is 0 Å². The first-order valence-electron chi connectivity index (χ1n) is 5.18. The Bertz CT molecular complexity index is 691. The number of para-hydroxylation sites is 1. The van der Waals surface area contributed by atoms with E-state index < -0.39 is 0 Å². The predicted molar refractivity (Wildman–Crippen MR) is 68.6 cm³/mol. The summed E-state index contributed by atoms with van der Waals surface area (Å²) in [5, 5.41) is 1.87. The highest BCUT2D eigenvalue weighted by Crippen LogP contribution is 2.27. The number of hydrogen-bond acceptors (Lipinski definition) is 5. The van der Waals surface area contributed by atoms with Crippen LogP contribution < -0.4 is 5.32 Å². The van der Waals surface area contributed by atoms with Crippen LogP contribution in [0.25, 0.3) is 17.1 Å². The van der Waals surface area contributed by atoms with Crippen LogP contribution in [0.4, 0.5) is 4.79 Å². The van der Waals surface area contributed by atoms with Crippen LogP contribution >= 0.6 is 11.8 Å². The van der Waals surface area contributed by atoms with Gasteiger partial charge in [-0.2, -0.15) is 0 Å². The lowest BCUT2D eigenvalue weighted by molar-refractivity contribution is -0.115. The molecule has 0 atom stereocenters. The van der Waals surface area contributed by atoms with Gasteiger partial charge in [0.25, 0.3) is 11.1 Å². The molecule has 2 amide bonds. The second kappa shape index (κ2) is 4.23. The Kier molecular flexibility index (Phi) is 2.56. The average molecular weight is 257 g/mol. The lowest BCUT2D eigenvalue weighted by Crippen LogP contribution is -2.17. The molecule has 5 nitrogen and oxygen atoms in total. The number of aromatic nitrogens is 2. The fourth-order valence-electron chi connectivity index (χ4n) is 1.69. The van der Waals surface area contributed by atoms with E-state index in [9.17, 15) is 9.59 Å². The lowest BCUT2D eigenvalue weighted by Gasteiger charge is -2.00. The van der Waals surface area contributed by atoms with Crippen LogP contribution in [0.15, 0.2) is 35.5 Å². The molecule has 1 saturated heterocycles. The van der Waals surface area contributed by atoms with Gasteiger partial charge in [-0.15, -0.1) is 0 Å². The Morgan fingerprint density at radius 1 is 1.17 bits per heavy atom. The fourth-order valence-corrected chi connectivity index (χ4v) is 2.37. The predicted octanol–water partition coefficient (Wildman–Crippen LogP) is 1.95. The summed E-state index contributed by atoms with van der Waals surface area (Å²) in [6.07, 6.45) is 4.86. The van der Waals surface area contributed by atoms with Crippen LogP contribution in [0.1, 0.15) is 5.56 Å². The van der Waals surface area contributed by atoms with Crippen molar-refractivity contribution >= 4 is 40.0 Å². The molecule has 0 radical (unpaired) electrons. The second-order valence-electron chi connectivity index (χ2n) is 3.62. The zero-order chi connectivity index (χ0) is 12.5. The van der Waals surface area contributed by atoms with Crippen LogP contribution in [-0.2, 0) is 4.79 Å². The third-order valence-electron chi connectivity index (χ3n) is 2.46. The van der Waals surface area contributed by atoms with Crippen LogP contribution in [0, 0.1) is 0 Å². The highest BCUT2D eigenvalue weighted by Gasteiger charge is 2.25. The standard InChI is InChI=1S/C12H7N3O2S/c16-11-9(18-12(17)15-11)6-7-2-1-3-8-10(7)14-5-4-13-8/h1-6H,(H,15,16,17)/b9-6-. The zero-order valence-electron chi connectivity index (χ0n) is 9.08. The van der Waals surface area contributed by atoms with E-state index in [1.54, 1.807) is 18.5 Å². The summed E-state index contributed by atoms with van der Waals surface area (Å²) in [5.74, 6) is -0.370. The molecule has 1 fully saturated rings. The Morgan fingerprint density at radius 3 is 2.78 bits per heavy atom. The molecule has 1 aliphatic rings. The highest BCUT2D eigenvalue weighted by atomic mass is 32.2. The molecular weight excluding hydrogens is 250 g/mol. The summed E-state index contributed by atoms with van der Waals surface area (Å²) < 4.78 is 0. The SMILES string of the molecule is O=C1NC(=O)/C(=C/c2cccc3nccnc23)S1. The Labute approximate surface area is 106 Å². The van der Waals surface area contributed by atoms with Crippen molar-refractivity contribution in [3.05, 3.63) is 41.1 Å². The van der Waals surface area contributed by atoms with Gasteiger partial charge in [-0.25, -0.2) is 0 Å². The van der Waals surface area contributed by atoms with E-state index in [1.807, 2.05) is 18.2 Å². The van der Waals surface area contributed by atoms with Gasteiger partial charge in [-0.3, -0.25) is 24.9 Å². The minimum absolute atomic E-state index is 0.349. The van der Waals surface area contributed by atoms with Crippen LogP contribution in [0.3, 0.4) is 0 Å². The van der Waals surface area contributed by atoms with Gasteiger partial charge < -0.3 is 0 Å². The number of hydrogen-bond donors (Lipinski definition) is 1. The summed E-state index contributed by atoms with van der Waals surface area (Å²) >= 11 is 0.890. The molecule has 3 rings (SSSR count). The number of benzene rings is 1. The van der Waals surface area contributed by atoms with Crippen molar-refractivity contribution in [1.29, 1.82) is 0 Å². The largest absolute Gasteiger partial charge is 0.290 e. The quantitative estimate of drug-likeness (QED) is 0.790. The minimum Gasteiger partial charge on any atom is -0.282 e. The Hall–Kier alpha value is -2.21. The summed E-state index contributed by atoms with van der Waals surface area (Å²) in [5.41, 5.74) is 2.23. The maximum absolute atomic E-state index is 11.5. The average Bonchev–Trinajstić information content (AvgIpc) is 2.68. The van der Waals surface area contributed by atoms with Gasteiger partial charge in [0, 0.05) is 18.0 Å². The molecule has 0 saturated carbocycles. The molecule has 1 aliphatic heterocycles.